The van der Waals surface area contributed by atoms with Gasteiger partial charge in [-0.25, -0.2) is 0 Å². The van der Waals surface area contributed by atoms with Crippen molar-refractivity contribution in [1.29, 1.82) is 0 Å². The Morgan fingerprint density at radius 3 is 2.38 bits per heavy atom. The van der Waals surface area contributed by atoms with Gasteiger partial charge in [-0.2, -0.15) is 0 Å². The summed E-state index contributed by atoms with van der Waals surface area (Å²) in [6.07, 6.45) is 6.52. The van der Waals surface area contributed by atoms with Crippen molar-refractivity contribution < 1.29 is 9.84 Å². The average molecular weight is 351 g/mol. The zero-order chi connectivity index (χ0) is 17.8. The van der Waals surface area contributed by atoms with E-state index in [1.807, 2.05) is 0 Å². The molecule has 3 heteroatoms. The van der Waals surface area contributed by atoms with E-state index >= 15 is 0 Å². The minimum absolute atomic E-state index is 0.130. The van der Waals surface area contributed by atoms with Crippen molar-refractivity contribution in [2.75, 3.05) is 13.2 Å². The van der Waals surface area contributed by atoms with Gasteiger partial charge in [-0.1, -0.05) is 48.5 Å². The van der Waals surface area contributed by atoms with Crippen LogP contribution in [-0.4, -0.2) is 24.4 Å². The molecular formula is C23H29NO2. The summed E-state index contributed by atoms with van der Waals surface area (Å²) in [5.41, 5.74) is 5.55. The maximum Gasteiger partial charge on any atom is 0.0898 e. The quantitative estimate of drug-likeness (QED) is 0.823. The lowest BCUT2D eigenvalue weighted by atomic mass is 9.88. The third-order valence-electron chi connectivity index (χ3n) is 5.77. The van der Waals surface area contributed by atoms with Crippen LogP contribution in [0.1, 0.15) is 60.1 Å². The first-order chi connectivity index (χ1) is 12.8. The maximum absolute atomic E-state index is 10.4. The van der Waals surface area contributed by atoms with Crippen molar-refractivity contribution in [1.82, 2.24) is 5.32 Å². The molecule has 0 spiro atoms. The van der Waals surface area contributed by atoms with Crippen LogP contribution in [0.15, 0.2) is 48.5 Å². The number of hydrogen-bond acceptors (Lipinski definition) is 3. The molecule has 3 nitrogen and oxygen atoms in total. The van der Waals surface area contributed by atoms with Crippen molar-refractivity contribution in [3.63, 3.8) is 0 Å². The largest absolute Gasteiger partial charge is 0.389 e. The van der Waals surface area contributed by atoms with Crippen molar-refractivity contribution in [3.05, 3.63) is 70.8 Å². The van der Waals surface area contributed by atoms with Gasteiger partial charge in [0.1, 0.15) is 0 Å². The Hall–Kier alpha value is -1.68. The fourth-order valence-corrected chi connectivity index (χ4v) is 4.41. The van der Waals surface area contributed by atoms with Crippen LogP contribution in [0.3, 0.4) is 0 Å². The predicted octanol–water partition coefficient (Wildman–Crippen LogP) is 4.11. The Labute approximate surface area is 156 Å². The van der Waals surface area contributed by atoms with Crippen LogP contribution in [0.5, 0.6) is 0 Å². The molecule has 138 valence electrons. The van der Waals surface area contributed by atoms with E-state index in [4.69, 9.17) is 4.74 Å². The molecule has 2 aromatic carbocycles. The third kappa shape index (κ3) is 4.01. The number of benzene rings is 2. The zero-order valence-electron chi connectivity index (χ0n) is 15.4. The molecular weight excluding hydrogens is 322 g/mol. The first-order valence-electron chi connectivity index (χ1n) is 10.00. The van der Waals surface area contributed by atoms with Crippen molar-refractivity contribution >= 4 is 0 Å². The molecule has 2 aliphatic rings. The van der Waals surface area contributed by atoms with Gasteiger partial charge in [0.15, 0.2) is 0 Å². The fourth-order valence-electron chi connectivity index (χ4n) is 4.41. The molecule has 0 saturated heterocycles. The predicted molar refractivity (Wildman–Crippen MR) is 104 cm³/mol. The number of aliphatic hydroxyl groups excluding tert-OH is 1. The number of ether oxygens (including phenoxy) is 1. The Kier molecular flexibility index (Phi) is 5.68. The van der Waals surface area contributed by atoms with Gasteiger partial charge in [0.05, 0.1) is 18.8 Å². The molecule has 0 aliphatic heterocycles. The van der Waals surface area contributed by atoms with E-state index in [1.54, 1.807) is 0 Å². The smallest absolute Gasteiger partial charge is 0.0898 e. The lowest BCUT2D eigenvalue weighted by Crippen LogP contribution is -2.35. The van der Waals surface area contributed by atoms with Crippen LogP contribution in [0.25, 0.3) is 0 Å². The van der Waals surface area contributed by atoms with Crippen LogP contribution < -0.4 is 5.32 Å². The molecule has 4 rings (SSSR count). The molecule has 0 heterocycles. The van der Waals surface area contributed by atoms with E-state index in [-0.39, 0.29) is 6.10 Å². The Morgan fingerprint density at radius 2 is 1.58 bits per heavy atom. The van der Waals surface area contributed by atoms with Crippen molar-refractivity contribution in [2.24, 2.45) is 0 Å². The van der Waals surface area contributed by atoms with Crippen LogP contribution in [0.4, 0.5) is 0 Å². The minimum Gasteiger partial charge on any atom is -0.389 e. The van der Waals surface area contributed by atoms with Gasteiger partial charge in [-0.15, -0.1) is 0 Å². The maximum atomic E-state index is 10.4. The average Bonchev–Trinajstić information content (AvgIpc) is 2.70. The van der Waals surface area contributed by atoms with E-state index in [0.717, 1.165) is 25.7 Å². The van der Waals surface area contributed by atoms with Crippen LogP contribution >= 0.6 is 0 Å². The molecule has 2 aliphatic carbocycles. The van der Waals surface area contributed by atoms with Crippen molar-refractivity contribution in [2.45, 2.75) is 56.8 Å². The van der Waals surface area contributed by atoms with Gasteiger partial charge in [-0.3, -0.25) is 0 Å². The second kappa shape index (κ2) is 8.34. The van der Waals surface area contributed by atoms with E-state index in [0.29, 0.717) is 19.2 Å². The molecule has 2 N–H and O–H groups in total. The molecule has 3 unspecified atom stereocenters. The summed E-state index contributed by atoms with van der Waals surface area (Å²) >= 11 is 0. The Balaban J connectivity index is 1.29. The van der Waals surface area contributed by atoms with Crippen LogP contribution in [0.2, 0.25) is 0 Å². The van der Waals surface area contributed by atoms with Gasteiger partial charge in [0.2, 0.25) is 0 Å². The summed E-state index contributed by atoms with van der Waals surface area (Å²) in [5, 5.41) is 14.0. The van der Waals surface area contributed by atoms with E-state index < -0.39 is 6.10 Å². The van der Waals surface area contributed by atoms with E-state index in [2.05, 4.69) is 53.8 Å². The molecule has 26 heavy (non-hydrogen) atoms. The lowest BCUT2D eigenvalue weighted by Gasteiger charge is -2.29. The molecule has 0 radical (unpaired) electrons. The summed E-state index contributed by atoms with van der Waals surface area (Å²) < 4.78 is 6.09. The van der Waals surface area contributed by atoms with E-state index in [1.165, 1.54) is 35.1 Å². The Bertz CT molecular complexity index is 668. The SMILES string of the molecule is OC(CNC1CCCc2ccccc21)COC1CCCc2ccccc21. The first kappa shape index (κ1) is 17.7. The third-order valence-corrected chi connectivity index (χ3v) is 5.77. The number of fused-ring (bicyclic) bond motifs is 2. The van der Waals surface area contributed by atoms with Crippen LogP contribution in [-0.2, 0) is 17.6 Å². The molecule has 0 aromatic heterocycles. The van der Waals surface area contributed by atoms with Gasteiger partial charge < -0.3 is 15.2 Å². The molecule has 0 bridgehead atoms. The second-order valence-corrected chi connectivity index (χ2v) is 7.62. The van der Waals surface area contributed by atoms with Gasteiger partial charge in [-0.05, 0) is 60.8 Å². The monoisotopic (exact) mass is 351 g/mol. The summed E-state index contributed by atoms with van der Waals surface area (Å²) in [6.45, 7) is 0.966. The highest BCUT2D eigenvalue weighted by Gasteiger charge is 2.23. The molecule has 0 fully saturated rings. The molecule has 3 atom stereocenters. The van der Waals surface area contributed by atoms with Gasteiger partial charge in [0.25, 0.3) is 0 Å². The first-order valence-corrected chi connectivity index (χ1v) is 10.00. The second-order valence-electron chi connectivity index (χ2n) is 7.62. The summed E-state index contributed by atoms with van der Waals surface area (Å²) in [4.78, 5) is 0. The minimum atomic E-state index is -0.474. The van der Waals surface area contributed by atoms with Crippen LogP contribution in [0, 0.1) is 0 Å². The fraction of sp³-hybridized carbons (Fsp3) is 0.478. The molecule has 2 aromatic rings. The number of rotatable bonds is 6. The number of nitrogens with one attached hydrogen (secondary N) is 1. The standard InChI is InChI=1S/C23H29NO2/c25-19(15-24-22-13-5-9-17-7-1-3-11-20(17)22)16-26-23-14-6-10-18-8-2-4-12-21(18)23/h1-4,7-8,11-12,19,22-25H,5-6,9-10,13-16H2. The number of hydrogen-bond donors (Lipinski definition) is 2. The normalized spacial score (nSPS) is 23.1. The molecule has 0 amide bonds. The zero-order valence-corrected chi connectivity index (χ0v) is 15.4. The molecule has 0 saturated carbocycles. The topological polar surface area (TPSA) is 41.5 Å². The van der Waals surface area contributed by atoms with Gasteiger partial charge >= 0.3 is 0 Å². The summed E-state index contributed by atoms with van der Waals surface area (Å²) in [6, 6.07) is 17.6. The Morgan fingerprint density at radius 1 is 0.923 bits per heavy atom. The van der Waals surface area contributed by atoms with E-state index in [9.17, 15) is 5.11 Å². The number of aryl methyl sites for hydroxylation is 2. The summed E-state index contributed by atoms with van der Waals surface area (Å²) in [5.74, 6) is 0. The lowest BCUT2D eigenvalue weighted by molar-refractivity contribution is -0.0175. The highest BCUT2D eigenvalue weighted by atomic mass is 16.5. The number of aliphatic hydroxyl groups is 1. The summed E-state index contributed by atoms with van der Waals surface area (Å²) in [7, 11) is 0. The highest BCUT2D eigenvalue weighted by molar-refractivity contribution is 5.32. The van der Waals surface area contributed by atoms with Gasteiger partial charge in [0, 0.05) is 12.6 Å². The highest BCUT2D eigenvalue weighted by Crippen LogP contribution is 2.32. The van der Waals surface area contributed by atoms with Crippen molar-refractivity contribution in [3.8, 4) is 0 Å².